The minimum absolute atomic E-state index is 0.0933. The maximum atomic E-state index is 13.7. The third-order valence-corrected chi connectivity index (χ3v) is 7.73. The molecule has 0 saturated carbocycles. The zero-order chi connectivity index (χ0) is 37.1. The molecule has 7 amide bonds. The van der Waals surface area contributed by atoms with Crippen molar-refractivity contribution < 1.29 is 33.5 Å². The largest absolute Gasteiger partial charge is 0.457 e. The summed E-state index contributed by atoms with van der Waals surface area (Å²) < 4.78 is 5.80. The van der Waals surface area contributed by atoms with Gasteiger partial charge in [-0.25, -0.2) is 4.79 Å². The number of hydrogen-bond acceptors (Lipinski definition) is 10. The Hall–Kier alpha value is -6.21. The van der Waals surface area contributed by atoms with Gasteiger partial charge in [0.25, 0.3) is 5.91 Å². The number of ether oxygens (including phenoxy) is 1. The van der Waals surface area contributed by atoms with Gasteiger partial charge in [-0.1, -0.05) is 17.7 Å². The lowest BCUT2D eigenvalue weighted by molar-refractivity contribution is -0.132. The fourth-order valence-electron chi connectivity index (χ4n) is 4.84. The SMILES string of the molecule is Cc1ccc(Oc2ccc(NC(=O)N/C=C3\NC(=O)[C@H](CN)NC(=O)[C@H](C)NC(=O)C(N)CNC(=O)[C@H](C4CCNC(=N)N4)NC3=O)cc2)cc1. The van der Waals surface area contributed by atoms with Crippen molar-refractivity contribution in [3.05, 3.63) is 66.0 Å². The molecule has 2 aromatic carbocycles. The normalized spacial score (nSPS) is 24.4. The minimum Gasteiger partial charge on any atom is -0.457 e. The van der Waals surface area contributed by atoms with Crippen molar-refractivity contribution in [3.63, 3.8) is 0 Å². The molecule has 0 bridgehead atoms. The summed E-state index contributed by atoms with van der Waals surface area (Å²) in [6, 6.07) is 7.19. The van der Waals surface area contributed by atoms with Crippen LogP contribution in [-0.4, -0.2) is 91.4 Å². The Morgan fingerprint density at radius 1 is 0.902 bits per heavy atom. The Morgan fingerprint density at radius 3 is 2.22 bits per heavy atom. The first-order valence-corrected chi connectivity index (χ1v) is 16.0. The average molecular weight is 707 g/mol. The number of nitrogens with two attached hydrogens (primary N) is 2. The van der Waals surface area contributed by atoms with E-state index in [1.165, 1.54) is 6.92 Å². The van der Waals surface area contributed by atoms with Crippen molar-refractivity contribution in [2.24, 2.45) is 11.5 Å². The second kappa shape index (κ2) is 17.4. The van der Waals surface area contributed by atoms with Crippen molar-refractivity contribution in [3.8, 4) is 11.5 Å². The number of aryl methyl sites for hydroxylation is 1. The van der Waals surface area contributed by atoms with Gasteiger partial charge in [0.2, 0.25) is 23.6 Å². The van der Waals surface area contributed by atoms with Crippen molar-refractivity contribution in [1.82, 2.24) is 42.5 Å². The molecule has 272 valence electrons. The molecule has 2 fully saturated rings. The number of guanidine groups is 1. The van der Waals surface area contributed by atoms with Crippen LogP contribution in [0.2, 0.25) is 0 Å². The highest BCUT2D eigenvalue weighted by Crippen LogP contribution is 2.23. The molecule has 4 rings (SSSR count). The molecule has 0 aromatic heterocycles. The summed E-state index contributed by atoms with van der Waals surface area (Å²) in [5.41, 5.74) is 12.6. The molecule has 19 nitrogen and oxygen atoms in total. The summed E-state index contributed by atoms with van der Waals surface area (Å²) in [5.74, 6) is -3.19. The summed E-state index contributed by atoms with van der Waals surface area (Å²) in [5, 5.41) is 30.7. The van der Waals surface area contributed by atoms with Crippen LogP contribution in [0.5, 0.6) is 11.5 Å². The van der Waals surface area contributed by atoms with Crippen LogP contribution in [0.4, 0.5) is 10.5 Å². The molecule has 2 unspecified atom stereocenters. The van der Waals surface area contributed by atoms with Gasteiger partial charge < -0.3 is 64.1 Å². The number of carbonyl (C=O) groups is 6. The Kier molecular flexibility index (Phi) is 12.9. The topological polar surface area (TPSA) is 296 Å². The molecule has 0 radical (unpaired) electrons. The van der Waals surface area contributed by atoms with Gasteiger partial charge in [-0.3, -0.25) is 29.4 Å². The van der Waals surface area contributed by atoms with Crippen LogP contribution in [0, 0.1) is 12.3 Å². The van der Waals surface area contributed by atoms with Gasteiger partial charge in [-0.05, 0) is 56.7 Å². The Balaban J connectivity index is 1.55. The summed E-state index contributed by atoms with van der Waals surface area (Å²) >= 11 is 0. The van der Waals surface area contributed by atoms with Crippen molar-refractivity contribution in [1.29, 1.82) is 5.41 Å². The molecule has 2 aliphatic heterocycles. The number of urea groups is 1. The molecular formula is C32H42N12O7. The standard InChI is InChI=1S/C32H42N12O7/c1-16-3-7-19(8-4-16)51-20-9-5-18(6-10-20)40-32(50)38-15-24-29(48)44-25(22-11-12-36-31(35)43-22)30(49)37-14-21(34)27(46)39-17(2)26(45)41-23(13-33)28(47)42-24/h3-10,15,17,21-23,25H,11-14,33-34H2,1-2H3,(H,37,49)(H,39,46)(H,41,45)(H,42,47)(H,44,48)(H3,35,36,43)(H2,38,40,50)/b24-15-/t17-,21?,22?,23-,25-/m0/s1. The van der Waals surface area contributed by atoms with Crippen LogP contribution < -0.4 is 64.1 Å². The van der Waals surface area contributed by atoms with Gasteiger partial charge in [0.15, 0.2) is 5.96 Å². The van der Waals surface area contributed by atoms with E-state index >= 15 is 0 Å². The zero-order valence-corrected chi connectivity index (χ0v) is 27.9. The van der Waals surface area contributed by atoms with E-state index in [1.807, 2.05) is 31.2 Å². The molecule has 2 aliphatic rings. The van der Waals surface area contributed by atoms with Crippen LogP contribution in [0.3, 0.4) is 0 Å². The van der Waals surface area contributed by atoms with E-state index in [2.05, 4.69) is 47.9 Å². The quantitative estimate of drug-likeness (QED) is 0.141. The van der Waals surface area contributed by atoms with E-state index in [0.717, 1.165) is 11.8 Å². The van der Waals surface area contributed by atoms with E-state index in [9.17, 15) is 28.8 Å². The Morgan fingerprint density at radius 2 is 1.57 bits per heavy atom. The van der Waals surface area contributed by atoms with Crippen LogP contribution in [0.25, 0.3) is 0 Å². The monoisotopic (exact) mass is 706 g/mol. The van der Waals surface area contributed by atoms with Gasteiger partial charge >= 0.3 is 6.03 Å². The van der Waals surface area contributed by atoms with E-state index in [4.69, 9.17) is 21.6 Å². The first kappa shape index (κ1) is 37.6. The fourth-order valence-corrected chi connectivity index (χ4v) is 4.84. The number of carbonyl (C=O) groups excluding carboxylic acids is 6. The lowest BCUT2D eigenvalue weighted by atomic mass is 10.0. The van der Waals surface area contributed by atoms with Crippen LogP contribution >= 0.6 is 0 Å². The van der Waals surface area contributed by atoms with E-state index in [-0.39, 0.29) is 18.9 Å². The van der Waals surface area contributed by atoms with Gasteiger partial charge in [0.05, 0.1) is 6.04 Å². The number of hydrogen-bond donors (Lipinski definition) is 12. The molecular weight excluding hydrogens is 664 g/mol. The zero-order valence-electron chi connectivity index (χ0n) is 27.9. The molecule has 2 aromatic rings. The third kappa shape index (κ3) is 10.9. The molecule has 2 saturated heterocycles. The third-order valence-electron chi connectivity index (χ3n) is 7.73. The molecule has 2 heterocycles. The number of rotatable bonds is 6. The van der Waals surface area contributed by atoms with Gasteiger partial charge in [0, 0.05) is 31.5 Å². The first-order chi connectivity index (χ1) is 24.3. The number of amides is 7. The number of benzene rings is 2. The summed E-state index contributed by atoms with van der Waals surface area (Å²) in [4.78, 5) is 78.6. The first-order valence-electron chi connectivity index (χ1n) is 16.0. The smallest absolute Gasteiger partial charge is 0.323 e. The predicted molar refractivity (Wildman–Crippen MR) is 185 cm³/mol. The molecule has 51 heavy (non-hydrogen) atoms. The second-order valence-electron chi connectivity index (χ2n) is 11.8. The van der Waals surface area contributed by atoms with Crippen molar-refractivity contribution in [2.45, 2.75) is 50.5 Å². The predicted octanol–water partition coefficient (Wildman–Crippen LogP) is -2.36. The van der Waals surface area contributed by atoms with Crippen LogP contribution in [0.15, 0.2) is 60.4 Å². The van der Waals surface area contributed by atoms with Crippen molar-refractivity contribution in [2.75, 3.05) is 25.0 Å². The van der Waals surface area contributed by atoms with E-state index < -0.39 is 78.0 Å². The maximum Gasteiger partial charge on any atom is 0.323 e. The summed E-state index contributed by atoms with van der Waals surface area (Å²) in [6.07, 6.45) is 1.19. The molecule has 14 N–H and O–H groups in total. The second-order valence-corrected chi connectivity index (χ2v) is 11.8. The summed E-state index contributed by atoms with van der Waals surface area (Å²) in [6.45, 7) is 2.85. The van der Waals surface area contributed by atoms with E-state index in [0.29, 0.717) is 23.7 Å². The molecule has 19 heteroatoms. The number of anilines is 1. The van der Waals surface area contributed by atoms with Gasteiger partial charge in [-0.15, -0.1) is 0 Å². The molecule has 0 spiro atoms. The highest BCUT2D eigenvalue weighted by molar-refractivity contribution is 6.02. The number of nitrogens with one attached hydrogen (secondary N) is 10. The average Bonchev–Trinajstić information content (AvgIpc) is 3.11. The highest BCUT2D eigenvalue weighted by Gasteiger charge is 2.35. The summed E-state index contributed by atoms with van der Waals surface area (Å²) in [7, 11) is 0. The fraction of sp³-hybridized carbons (Fsp3) is 0.344. The van der Waals surface area contributed by atoms with Gasteiger partial charge in [0.1, 0.15) is 41.4 Å². The minimum atomic E-state index is -1.38. The lowest BCUT2D eigenvalue weighted by Gasteiger charge is -2.33. The molecule has 0 aliphatic carbocycles. The highest BCUT2D eigenvalue weighted by atomic mass is 16.5. The van der Waals surface area contributed by atoms with Crippen LogP contribution in [0.1, 0.15) is 18.9 Å². The Labute approximate surface area is 292 Å². The van der Waals surface area contributed by atoms with Gasteiger partial charge in [-0.2, -0.15) is 0 Å². The van der Waals surface area contributed by atoms with Crippen molar-refractivity contribution >= 4 is 47.2 Å². The molecule has 5 atom stereocenters. The van der Waals surface area contributed by atoms with Crippen LogP contribution in [-0.2, 0) is 24.0 Å². The van der Waals surface area contributed by atoms with E-state index in [1.54, 1.807) is 24.3 Å². The maximum absolute atomic E-state index is 13.7. The lowest BCUT2D eigenvalue weighted by Crippen LogP contribution is -2.64. The Bertz CT molecular complexity index is 1670.